The lowest BCUT2D eigenvalue weighted by Crippen LogP contribution is -2.52. The van der Waals surface area contributed by atoms with Crippen LogP contribution >= 0.6 is 0 Å². The molecule has 0 bridgehead atoms. The summed E-state index contributed by atoms with van der Waals surface area (Å²) in [6.45, 7) is 6.47. The zero-order valence-corrected chi connectivity index (χ0v) is 13.8. The third kappa shape index (κ3) is 2.84. The van der Waals surface area contributed by atoms with Crippen molar-refractivity contribution in [3.63, 3.8) is 0 Å². The summed E-state index contributed by atoms with van der Waals surface area (Å²) in [4.78, 5) is 45.1. The minimum Gasteiger partial charge on any atom is -0.333 e. The number of nitrogens with one attached hydrogen (secondary N) is 2. The zero-order chi connectivity index (χ0) is 17.3. The number of piperazine rings is 1. The van der Waals surface area contributed by atoms with E-state index in [0.29, 0.717) is 24.3 Å². The minimum atomic E-state index is -0.516. The Kier molecular flexibility index (Phi) is 4.48. The van der Waals surface area contributed by atoms with E-state index in [1.54, 1.807) is 4.90 Å². The molecular formula is C16H21N5O3. The molecular weight excluding hydrogens is 310 g/mol. The third-order valence-corrected chi connectivity index (χ3v) is 4.29. The summed E-state index contributed by atoms with van der Waals surface area (Å²) >= 11 is 0. The van der Waals surface area contributed by atoms with Crippen molar-refractivity contribution in [1.82, 2.24) is 24.8 Å². The maximum atomic E-state index is 12.7. The van der Waals surface area contributed by atoms with E-state index in [0.717, 1.165) is 19.5 Å². The van der Waals surface area contributed by atoms with Crippen LogP contribution in [0.3, 0.4) is 0 Å². The van der Waals surface area contributed by atoms with Gasteiger partial charge in [-0.1, -0.05) is 6.92 Å². The fourth-order valence-electron chi connectivity index (χ4n) is 3.02. The second kappa shape index (κ2) is 6.56. The molecule has 0 radical (unpaired) electrons. The van der Waals surface area contributed by atoms with Crippen molar-refractivity contribution in [2.45, 2.75) is 32.9 Å². The number of H-pyrrole nitrogens is 1. The van der Waals surface area contributed by atoms with Crippen LogP contribution in [0.15, 0.2) is 21.9 Å². The summed E-state index contributed by atoms with van der Waals surface area (Å²) in [6.07, 6.45) is 2.19. The van der Waals surface area contributed by atoms with Gasteiger partial charge in [0.05, 0.1) is 10.9 Å². The van der Waals surface area contributed by atoms with Gasteiger partial charge in [0.1, 0.15) is 5.65 Å². The quantitative estimate of drug-likeness (QED) is 0.820. The molecule has 3 heterocycles. The van der Waals surface area contributed by atoms with Gasteiger partial charge < -0.3 is 10.2 Å². The first-order valence-electron chi connectivity index (χ1n) is 8.17. The van der Waals surface area contributed by atoms with Gasteiger partial charge in [0.2, 0.25) is 0 Å². The summed E-state index contributed by atoms with van der Waals surface area (Å²) in [7, 11) is 0. The van der Waals surface area contributed by atoms with Crippen LogP contribution in [-0.4, -0.2) is 51.0 Å². The lowest BCUT2D eigenvalue weighted by molar-refractivity contribution is 0.0655. The lowest BCUT2D eigenvalue weighted by atomic mass is 10.1. The standard InChI is InChI=1S/C16H21N5O3/c1-3-5-21-13-12(14(22)19-16(21)24)7-11(9-18-13)15(23)20-6-4-17-8-10(20)2/h7,9-10,17H,3-6,8H2,1-2H3,(H,19,22,24)/t10-/m0/s1. The van der Waals surface area contributed by atoms with Crippen LogP contribution < -0.4 is 16.6 Å². The maximum Gasteiger partial charge on any atom is 0.329 e. The molecule has 128 valence electrons. The number of amides is 1. The van der Waals surface area contributed by atoms with Gasteiger partial charge in [-0.15, -0.1) is 0 Å². The van der Waals surface area contributed by atoms with E-state index in [1.165, 1.54) is 16.8 Å². The Morgan fingerprint density at radius 1 is 1.42 bits per heavy atom. The van der Waals surface area contributed by atoms with E-state index in [-0.39, 0.29) is 17.3 Å². The minimum absolute atomic E-state index is 0.0780. The average Bonchev–Trinajstić information content (AvgIpc) is 2.58. The van der Waals surface area contributed by atoms with Crippen molar-refractivity contribution >= 4 is 16.9 Å². The molecule has 0 saturated carbocycles. The Morgan fingerprint density at radius 3 is 2.92 bits per heavy atom. The molecule has 3 rings (SSSR count). The molecule has 1 aliphatic rings. The molecule has 1 fully saturated rings. The highest BCUT2D eigenvalue weighted by Gasteiger charge is 2.25. The number of hydrogen-bond acceptors (Lipinski definition) is 5. The first-order valence-corrected chi connectivity index (χ1v) is 8.17. The highest BCUT2D eigenvalue weighted by molar-refractivity contribution is 5.97. The predicted molar refractivity (Wildman–Crippen MR) is 90.3 cm³/mol. The van der Waals surface area contributed by atoms with Crippen molar-refractivity contribution in [3.05, 3.63) is 38.7 Å². The summed E-state index contributed by atoms with van der Waals surface area (Å²) in [5.74, 6) is -0.147. The Bertz CT molecular complexity index is 885. The number of pyridine rings is 1. The van der Waals surface area contributed by atoms with Crippen LogP contribution in [0.25, 0.3) is 11.0 Å². The van der Waals surface area contributed by atoms with Gasteiger partial charge in [-0.05, 0) is 19.4 Å². The molecule has 24 heavy (non-hydrogen) atoms. The van der Waals surface area contributed by atoms with Gasteiger partial charge in [0.15, 0.2) is 0 Å². The molecule has 2 aromatic heterocycles. The van der Waals surface area contributed by atoms with E-state index < -0.39 is 11.2 Å². The highest BCUT2D eigenvalue weighted by atomic mass is 16.2. The number of aromatic nitrogens is 3. The van der Waals surface area contributed by atoms with Crippen molar-refractivity contribution in [3.8, 4) is 0 Å². The Labute approximate surface area is 138 Å². The molecule has 8 heteroatoms. The number of nitrogens with zero attached hydrogens (tertiary/aromatic N) is 3. The smallest absolute Gasteiger partial charge is 0.329 e. The number of aryl methyl sites for hydroxylation is 1. The monoisotopic (exact) mass is 331 g/mol. The van der Waals surface area contributed by atoms with Crippen LogP contribution in [-0.2, 0) is 6.54 Å². The normalized spacial score (nSPS) is 18.1. The fraction of sp³-hybridized carbons (Fsp3) is 0.500. The first-order chi connectivity index (χ1) is 11.5. The zero-order valence-electron chi connectivity index (χ0n) is 13.8. The van der Waals surface area contributed by atoms with E-state index >= 15 is 0 Å². The molecule has 2 aromatic rings. The van der Waals surface area contributed by atoms with E-state index in [1.807, 2.05) is 13.8 Å². The number of carbonyl (C=O) groups excluding carboxylic acids is 1. The van der Waals surface area contributed by atoms with Crippen LogP contribution in [0.4, 0.5) is 0 Å². The topological polar surface area (TPSA) is 100 Å². The molecule has 1 amide bonds. The van der Waals surface area contributed by atoms with E-state index in [4.69, 9.17) is 0 Å². The molecule has 1 aliphatic heterocycles. The van der Waals surface area contributed by atoms with Crippen LogP contribution in [0.5, 0.6) is 0 Å². The Morgan fingerprint density at radius 2 is 2.21 bits per heavy atom. The van der Waals surface area contributed by atoms with Gasteiger partial charge in [-0.2, -0.15) is 0 Å². The average molecular weight is 331 g/mol. The third-order valence-electron chi connectivity index (χ3n) is 4.29. The van der Waals surface area contributed by atoms with Gasteiger partial charge in [0, 0.05) is 38.4 Å². The van der Waals surface area contributed by atoms with Gasteiger partial charge in [-0.3, -0.25) is 19.1 Å². The van der Waals surface area contributed by atoms with Gasteiger partial charge >= 0.3 is 5.69 Å². The molecule has 2 N–H and O–H groups in total. The molecule has 0 spiro atoms. The van der Waals surface area contributed by atoms with Crippen molar-refractivity contribution < 1.29 is 4.79 Å². The summed E-state index contributed by atoms with van der Waals surface area (Å²) < 4.78 is 1.43. The van der Waals surface area contributed by atoms with Crippen molar-refractivity contribution in [2.75, 3.05) is 19.6 Å². The van der Waals surface area contributed by atoms with Crippen molar-refractivity contribution in [1.29, 1.82) is 0 Å². The number of carbonyl (C=O) groups is 1. The summed E-state index contributed by atoms with van der Waals surface area (Å²) in [5.41, 5.74) is -0.312. The number of hydrogen-bond donors (Lipinski definition) is 2. The van der Waals surface area contributed by atoms with E-state index in [2.05, 4.69) is 15.3 Å². The Hall–Kier alpha value is -2.48. The molecule has 1 atom stereocenters. The first kappa shape index (κ1) is 16.4. The van der Waals surface area contributed by atoms with Crippen LogP contribution in [0.2, 0.25) is 0 Å². The summed E-state index contributed by atoms with van der Waals surface area (Å²) in [5, 5.41) is 3.50. The fourth-order valence-corrected chi connectivity index (χ4v) is 3.02. The number of aromatic amines is 1. The number of fused-ring (bicyclic) bond motifs is 1. The second-order valence-electron chi connectivity index (χ2n) is 6.06. The maximum absolute atomic E-state index is 12.7. The number of rotatable bonds is 3. The molecule has 1 saturated heterocycles. The lowest BCUT2D eigenvalue weighted by Gasteiger charge is -2.34. The molecule has 0 aromatic carbocycles. The molecule has 0 aliphatic carbocycles. The highest BCUT2D eigenvalue weighted by Crippen LogP contribution is 2.13. The SMILES string of the molecule is CCCn1c(=O)[nH]c(=O)c2cc(C(=O)N3CCNC[C@@H]3C)cnc21. The van der Waals surface area contributed by atoms with Crippen molar-refractivity contribution in [2.24, 2.45) is 0 Å². The molecule has 0 unspecified atom stereocenters. The molecule has 8 nitrogen and oxygen atoms in total. The predicted octanol–water partition coefficient (Wildman–Crippen LogP) is -0.0713. The summed E-state index contributed by atoms with van der Waals surface area (Å²) in [6, 6.07) is 1.61. The van der Waals surface area contributed by atoms with Gasteiger partial charge in [-0.25, -0.2) is 9.78 Å². The van der Waals surface area contributed by atoms with Crippen LogP contribution in [0, 0.1) is 0 Å². The van der Waals surface area contributed by atoms with E-state index in [9.17, 15) is 14.4 Å². The van der Waals surface area contributed by atoms with Gasteiger partial charge in [0.25, 0.3) is 11.5 Å². The largest absolute Gasteiger partial charge is 0.333 e. The second-order valence-corrected chi connectivity index (χ2v) is 6.06. The van der Waals surface area contributed by atoms with Crippen LogP contribution in [0.1, 0.15) is 30.6 Å². The Balaban J connectivity index is 2.07.